The second kappa shape index (κ2) is 7.17. The first-order valence-corrected chi connectivity index (χ1v) is 9.61. The van der Waals surface area contributed by atoms with Crippen LogP contribution in [0.15, 0.2) is 58.5 Å². The van der Waals surface area contributed by atoms with E-state index in [-0.39, 0.29) is 5.91 Å². The fraction of sp³-hybridized carbons (Fsp3) is 0.150. The number of H-pyrrole nitrogens is 1. The lowest BCUT2D eigenvalue weighted by molar-refractivity contribution is 0.0949. The zero-order valence-corrected chi connectivity index (χ0v) is 15.1. The molecule has 1 heterocycles. The van der Waals surface area contributed by atoms with Gasteiger partial charge in [0, 0.05) is 16.0 Å². The summed E-state index contributed by atoms with van der Waals surface area (Å²) in [5.74, 6) is -0.268. The van der Waals surface area contributed by atoms with E-state index in [0.717, 1.165) is 35.2 Å². The predicted octanol–water partition coefficient (Wildman–Crippen LogP) is 3.66. The Morgan fingerprint density at radius 3 is 2.81 bits per heavy atom. The van der Waals surface area contributed by atoms with Gasteiger partial charge in [-0.3, -0.25) is 9.89 Å². The molecule has 1 aliphatic carbocycles. The number of nitrogens with one attached hydrogen (secondary N) is 2. The first kappa shape index (κ1) is 16.6. The van der Waals surface area contributed by atoms with E-state index in [9.17, 15) is 4.79 Å². The lowest BCUT2D eigenvalue weighted by Gasteiger charge is -2.15. The van der Waals surface area contributed by atoms with Crippen molar-refractivity contribution >= 4 is 23.9 Å². The van der Waals surface area contributed by atoms with E-state index in [1.165, 1.54) is 10.5 Å². The van der Waals surface area contributed by atoms with Gasteiger partial charge in [-0.25, -0.2) is 5.43 Å². The molecule has 3 aromatic rings. The number of benzene rings is 2. The number of amides is 1. The van der Waals surface area contributed by atoms with Gasteiger partial charge >= 0.3 is 0 Å². The van der Waals surface area contributed by atoms with E-state index in [1.54, 1.807) is 18.0 Å². The Labute approximate surface area is 155 Å². The van der Waals surface area contributed by atoms with E-state index in [0.29, 0.717) is 5.69 Å². The second-order valence-electron chi connectivity index (χ2n) is 6.06. The number of thioether (sulfide) groups is 1. The maximum atomic E-state index is 12.5. The zero-order chi connectivity index (χ0) is 17.9. The monoisotopic (exact) mass is 362 g/mol. The molecule has 0 saturated carbocycles. The first-order chi connectivity index (χ1) is 12.8. The standard InChI is InChI=1S/C20H18N4OS/c1-26-15-9-6-13(7-10-15)12-21-24-20(25)19-17-11-8-14-4-2-3-5-16(14)18(17)22-23-19/h2-7,9-10,12H,8,11H2,1H3,(H,22,23)(H,24,25). The Kier molecular flexibility index (Phi) is 4.58. The smallest absolute Gasteiger partial charge is 0.272 e. The van der Waals surface area contributed by atoms with E-state index in [1.807, 2.05) is 48.7 Å². The van der Waals surface area contributed by atoms with Gasteiger partial charge in [-0.05, 0) is 42.4 Å². The molecule has 5 nitrogen and oxygen atoms in total. The highest BCUT2D eigenvalue weighted by molar-refractivity contribution is 7.98. The fourth-order valence-corrected chi connectivity index (χ4v) is 3.57. The quantitative estimate of drug-likeness (QED) is 0.423. The molecule has 0 aliphatic heterocycles. The van der Waals surface area contributed by atoms with Crippen molar-refractivity contribution in [3.8, 4) is 11.3 Å². The van der Waals surface area contributed by atoms with Crippen molar-refractivity contribution in [2.75, 3.05) is 6.26 Å². The Morgan fingerprint density at radius 1 is 1.19 bits per heavy atom. The summed E-state index contributed by atoms with van der Waals surface area (Å²) in [6.45, 7) is 0. The molecule has 0 saturated heterocycles. The molecule has 6 heteroatoms. The van der Waals surface area contributed by atoms with Crippen LogP contribution in [0, 0.1) is 0 Å². The van der Waals surface area contributed by atoms with E-state index in [4.69, 9.17) is 0 Å². The Balaban J connectivity index is 1.50. The van der Waals surface area contributed by atoms with E-state index >= 15 is 0 Å². The second-order valence-corrected chi connectivity index (χ2v) is 6.93. The van der Waals surface area contributed by atoms with Crippen LogP contribution in [0.25, 0.3) is 11.3 Å². The molecule has 4 rings (SSSR count). The number of nitrogens with zero attached hydrogens (tertiary/aromatic N) is 2. The van der Waals surface area contributed by atoms with Crippen molar-refractivity contribution in [2.45, 2.75) is 17.7 Å². The average Bonchev–Trinajstić information content (AvgIpc) is 3.13. The lowest BCUT2D eigenvalue weighted by atomic mass is 9.89. The molecule has 1 aliphatic rings. The van der Waals surface area contributed by atoms with Crippen molar-refractivity contribution in [1.82, 2.24) is 15.6 Å². The fourth-order valence-electron chi connectivity index (χ4n) is 3.16. The van der Waals surface area contributed by atoms with Gasteiger partial charge < -0.3 is 0 Å². The van der Waals surface area contributed by atoms with Gasteiger partial charge in [0.2, 0.25) is 0 Å². The van der Waals surface area contributed by atoms with Gasteiger partial charge in [0.15, 0.2) is 0 Å². The van der Waals surface area contributed by atoms with Gasteiger partial charge in [-0.1, -0.05) is 36.4 Å². The summed E-state index contributed by atoms with van der Waals surface area (Å²) in [6, 6.07) is 16.2. The van der Waals surface area contributed by atoms with Crippen LogP contribution >= 0.6 is 11.8 Å². The topological polar surface area (TPSA) is 70.1 Å². The summed E-state index contributed by atoms with van der Waals surface area (Å²) in [6.07, 6.45) is 5.38. The van der Waals surface area contributed by atoms with Crippen molar-refractivity contribution < 1.29 is 4.79 Å². The number of hydrazone groups is 1. The van der Waals surface area contributed by atoms with E-state index in [2.05, 4.69) is 26.8 Å². The van der Waals surface area contributed by atoms with Crippen LogP contribution in [-0.2, 0) is 12.8 Å². The van der Waals surface area contributed by atoms with Crippen molar-refractivity contribution in [1.29, 1.82) is 0 Å². The number of rotatable bonds is 4. The molecule has 1 amide bonds. The molecule has 2 aromatic carbocycles. The molecule has 0 unspecified atom stereocenters. The minimum absolute atomic E-state index is 0.268. The maximum Gasteiger partial charge on any atom is 0.289 e. The van der Waals surface area contributed by atoms with Crippen LogP contribution < -0.4 is 5.43 Å². The van der Waals surface area contributed by atoms with Crippen LogP contribution in [0.5, 0.6) is 0 Å². The number of hydrogen-bond acceptors (Lipinski definition) is 4. The normalized spacial score (nSPS) is 12.7. The van der Waals surface area contributed by atoms with E-state index < -0.39 is 0 Å². The number of aromatic nitrogens is 2. The molecule has 130 valence electrons. The molecule has 1 aromatic heterocycles. The molecule has 0 fully saturated rings. The highest BCUT2D eigenvalue weighted by atomic mass is 32.2. The molecule has 0 radical (unpaired) electrons. The maximum absolute atomic E-state index is 12.5. The summed E-state index contributed by atoms with van der Waals surface area (Å²) < 4.78 is 0. The molecular weight excluding hydrogens is 344 g/mol. The summed E-state index contributed by atoms with van der Waals surface area (Å²) in [4.78, 5) is 13.7. The molecule has 2 N–H and O–H groups in total. The average molecular weight is 362 g/mol. The van der Waals surface area contributed by atoms with Gasteiger partial charge in [0.05, 0.1) is 11.9 Å². The number of carbonyl (C=O) groups is 1. The Morgan fingerprint density at radius 2 is 2.00 bits per heavy atom. The summed E-state index contributed by atoms with van der Waals surface area (Å²) in [7, 11) is 0. The zero-order valence-electron chi connectivity index (χ0n) is 14.3. The van der Waals surface area contributed by atoms with Crippen molar-refractivity contribution in [3.63, 3.8) is 0 Å². The van der Waals surface area contributed by atoms with Crippen LogP contribution in [0.3, 0.4) is 0 Å². The summed E-state index contributed by atoms with van der Waals surface area (Å²) in [5, 5.41) is 11.3. The van der Waals surface area contributed by atoms with Gasteiger partial charge in [-0.2, -0.15) is 10.2 Å². The predicted molar refractivity (Wildman–Crippen MR) is 105 cm³/mol. The molecule has 0 spiro atoms. The third-order valence-electron chi connectivity index (χ3n) is 4.51. The molecule has 0 atom stereocenters. The molecule has 26 heavy (non-hydrogen) atoms. The van der Waals surface area contributed by atoms with Crippen LogP contribution in [-0.4, -0.2) is 28.6 Å². The highest BCUT2D eigenvalue weighted by Gasteiger charge is 2.24. The molecular formula is C20H18N4OS. The summed E-state index contributed by atoms with van der Waals surface area (Å²) in [5.41, 5.74) is 8.21. The van der Waals surface area contributed by atoms with Crippen LogP contribution in [0.4, 0.5) is 0 Å². The number of aryl methyl sites for hydroxylation is 1. The van der Waals surface area contributed by atoms with Crippen LogP contribution in [0.1, 0.15) is 27.2 Å². The molecule has 0 bridgehead atoms. The number of carbonyl (C=O) groups excluding carboxylic acids is 1. The third-order valence-corrected chi connectivity index (χ3v) is 5.25. The Bertz CT molecular complexity index is 976. The summed E-state index contributed by atoms with van der Waals surface area (Å²) >= 11 is 1.69. The number of aromatic amines is 1. The SMILES string of the molecule is CSc1ccc(C=NNC(=O)c2[nH]nc3c2CCc2ccccc2-3)cc1. The minimum Gasteiger partial charge on any atom is -0.272 e. The third kappa shape index (κ3) is 3.15. The number of fused-ring (bicyclic) bond motifs is 3. The van der Waals surface area contributed by atoms with Crippen molar-refractivity contribution in [3.05, 3.63) is 70.9 Å². The van der Waals surface area contributed by atoms with Gasteiger partial charge in [0.25, 0.3) is 5.91 Å². The van der Waals surface area contributed by atoms with Gasteiger partial charge in [0.1, 0.15) is 5.69 Å². The lowest BCUT2D eigenvalue weighted by Crippen LogP contribution is -2.20. The van der Waals surface area contributed by atoms with Crippen LogP contribution in [0.2, 0.25) is 0 Å². The highest BCUT2D eigenvalue weighted by Crippen LogP contribution is 2.33. The van der Waals surface area contributed by atoms with Gasteiger partial charge in [-0.15, -0.1) is 11.8 Å². The minimum atomic E-state index is -0.268. The van der Waals surface area contributed by atoms with Crippen molar-refractivity contribution in [2.24, 2.45) is 5.10 Å². The Hall–Kier alpha value is -2.86. The largest absolute Gasteiger partial charge is 0.289 e. The number of hydrogen-bond donors (Lipinski definition) is 2. The first-order valence-electron chi connectivity index (χ1n) is 8.39.